The zero-order chi connectivity index (χ0) is 12.4. The molecule has 4 heteroatoms. The van der Waals surface area contributed by atoms with E-state index in [0.717, 1.165) is 25.1 Å². The number of benzene rings is 1. The van der Waals surface area contributed by atoms with Crippen molar-refractivity contribution in [2.75, 3.05) is 6.61 Å². The van der Waals surface area contributed by atoms with Gasteiger partial charge in [-0.05, 0) is 30.0 Å². The molecule has 1 heterocycles. The quantitative estimate of drug-likeness (QED) is 0.892. The maximum Gasteiger partial charge on any atom is 0.122 e. The first-order valence-electron chi connectivity index (χ1n) is 6.30. The van der Waals surface area contributed by atoms with Gasteiger partial charge in [-0.25, -0.2) is 4.98 Å². The molecule has 18 heavy (non-hydrogen) atoms. The fourth-order valence-corrected chi connectivity index (χ4v) is 2.47. The van der Waals surface area contributed by atoms with E-state index in [1.165, 1.54) is 11.1 Å². The van der Waals surface area contributed by atoms with E-state index in [1.807, 2.05) is 22.9 Å². The summed E-state index contributed by atoms with van der Waals surface area (Å²) in [5.41, 5.74) is 8.59. The van der Waals surface area contributed by atoms with E-state index < -0.39 is 0 Å². The topological polar surface area (TPSA) is 53.1 Å². The average Bonchev–Trinajstić information content (AvgIpc) is 3.01. The normalized spacial score (nSPS) is 17.7. The van der Waals surface area contributed by atoms with Gasteiger partial charge in [-0.15, -0.1) is 0 Å². The van der Waals surface area contributed by atoms with Crippen molar-refractivity contribution in [3.05, 3.63) is 48.0 Å². The molecule has 0 radical (unpaired) electrons. The summed E-state index contributed by atoms with van der Waals surface area (Å²) in [6.45, 7) is 1.47. The highest BCUT2D eigenvalue weighted by molar-refractivity contribution is 5.44. The van der Waals surface area contributed by atoms with Gasteiger partial charge in [0.25, 0.3) is 0 Å². The van der Waals surface area contributed by atoms with Crippen molar-refractivity contribution in [2.45, 2.75) is 25.4 Å². The maximum atomic E-state index is 6.05. The number of hydrogen-bond acceptors (Lipinski definition) is 3. The van der Waals surface area contributed by atoms with Gasteiger partial charge in [-0.2, -0.15) is 0 Å². The molecular formula is C14H17N3O. The molecule has 2 N–H and O–H groups in total. The second kappa shape index (κ2) is 4.82. The van der Waals surface area contributed by atoms with E-state index in [1.54, 1.807) is 12.5 Å². The summed E-state index contributed by atoms with van der Waals surface area (Å²) >= 11 is 0. The second-order valence-corrected chi connectivity index (χ2v) is 4.62. The Morgan fingerprint density at radius 2 is 2.39 bits per heavy atom. The molecule has 0 amide bonds. The van der Waals surface area contributed by atoms with Crippen LogP contribution < -0.4 is 10.5 Å². The number of imidazole rings is 1. The van der Waals surface area contributed by atoms with Gasteiger partial charge in [-0.1, -0.05) is 12.1 Å². The van der Waals surface area contributed by atoms with Gasteiger partial charge in [0.05, 0.1) is 12.9 Å². The van der Waals surface area contributed by atoms with Gasteiger partial charge < -0.3 is 15.0 Å². The molecule has 0 fully saturated rings. The van der Waals surface area contributed by atoms with Crippen molar-refractivity contribution < 1.29 is 4.74 Å². The van der Waals surface area contributed by atoms with Crippen LogP contribution in [-0.4, -0.2) is 16.2 Å². The van der Waals surface area contributed by atoms with E-state index >= 15 is 0 Å². The molecule has 0 saturated carbocycles. The van der Waals surface area contributed by atoms with Gasteiger partial charge in [0.15, 0.2) is 0 Å². The molecule has 1 aliphatic rings. The summed E-state index contributed by atoms with van der Waals surface area (Å²) in [6, 6.07) is 6.34. The number of fused-ring (bicyclic) bond motifs is 1. The molecule has 94 valence electrons. The Bertz CT molecular complexity index is 522. The van der Waals surface area contributed by atoms with Crippen molar-refractivity contribution in [2.24, 2.45) is 5.73 Å². The van der Waals surface area contributed by atoms with E-state index in [-0.39, 0.29) is 6.04 Å². The molecule has 2 aromatic rings. The summed E-state index contributed by atoms with van der Waals surface area (Å²) in [4.78, 5) is 4.01. The number of nitrogens with two attached hydrogens (primary N) is 1. The van der Waals surface area contributed by atoms with Crippen LogP contribution in [0.4, 0.5) is 0 Å². The van der Waals surface area contributed by atoms with Gasteiger partial charge in [-0.3, -0.25) is 0 Å². The number of aromatic nitrogens is 2. The molecule has 0 spiro atoms. The van der Waals surface area contributed by atoms with Crippen LogP contribution >= 0.6 is 0 Å². The predicted octanol–water partition coefficient (Wildman–Crippen LogP) is 1.91. The van der Waals surface area contributed by atoms with E-state index in [9.17, 15) is 0 Å². The molecule has 0 saturated heterocycles. The lowest BCUT2D eigenvalue weighted by molar-refractivity contribution is 0.295. The molecule has 4 nitrogen and oxygen atoms in total. The number of ether oxygens (including phenoxy) is 1. The van der Waals surface area contributed by atoms with E-state index in [2.05, 4.69) is 11.1 Å². The Labute approximate surface area is 106 Å². The van der Waals surface area contributed by atoms with Crippen molar-refractivity contribution in [1.82, 2.24) is 9.55 Å². The fraction of sp³-hybridized carbons (Fsp3) is 0.357. The first-order valence-corrected chi connectivity index (χ1v) is 6.30. The van der Waals surface area contributed by atoms with Crippen molar-refractivity contribution in [3.63, 3.8) is 0 Å². The van der Waals surface area contributed by atoms with Crippen LogP contribution in [0.1, 0.15) is 23.6 Å². The average molecular weight is 243 g/mol. The first-order chi connectivity index (χ1) is 8.84. The minimum atomic E-state index is 0.178. The van der Waals surface area contributed by atoms with Crippen LogP contribution in [0, 0.1) is 0 Å². The SMILES string of the molecule is NC1CCc2c(OCCn3ccnc3)cccc21. The van der Waals surface area contributed by atoms with E-state index in [4.69, 9.17) is 10.5 Å². The second-order valence-electron chi connectivity index (χ2n) is 4.62. The van der Waals surface area contributed by atoms with Crippen LogP contribution in [0.2, 0.25) is 0 Å². The molecule has 0 aliphatic heterocycles. The summed E-state index contributed by atoms with van der Waals surface area (Å²) < 4.78 is 7.88. The Kier molecular flexibility index (Phi) is 3.02. The first kappa shape index (κ1) is 11.3. The molecule has 1 aromatic carbocycles. The lowest BCUT2D eigenvalue weighted by Crippen LogP contribution is -2.08. The zero-order valence-corrected chi connectivity index (χ0v) is 10.2. The lowest BCUT2D eigenvalue weighted by atomic mass is 10.1. The largest absolute Gasteiger partial charge is 0.491 e. The van der Waals surface area contributed by atoms with Crippen molar-refractivity contribution in [1.29, 1.82) is 0 Å². The zero-order valence-electron chi connectivity index (χ0n) is 10.2. The minimum Gasteiger partial charge on any atom is -0.491 e. The highest BCUT2D eigenvalue weighted by Crippen LogP contribution is 2.35. The Hall–Kier alpha value is -1.81. The third-order valence-corrected chi connectivity index (χ3v) is 3.44. The number of hydrogen-bond donors (Lipinski definition) is 1. The molecule has 1 unspecified atom stereocenters. The Morgan fingerprint density at radius 1 is 1.44 bits per heavy atom. The Balaban J connectivity index is 1.67. The monoisotopic (exact) mass is 243 g/mol. The maximum absolute atomic E-state index is 6.05. The third-order valence-electron chi connectivity index (χ3n) is 3.44. The van der Waals surface area contributed by atoms with Gasteiger partial charge in [0.1, 0.15) is 12.4 Å². The van der Waals surface area contributed by atoms with Crippen LogP contribution in [0.25, 0.3) is 0 Å². The van der Waals surface area contributed by atoms with Crippen molar-refractivity contribution in [3.8, 4) is 5.75 Å². The van der Waals surface area contributed by atoms with Crippen LogP contribution in [0.5, 0.6) is 5.75 Å². The summed E-state index contributed by atoms with van der Waals surface area (Å²) in [5, 5.41) is 0. The molecule has 1 aliphatic carbocycles. The highest BCUT2D eigenvalue weighted by atomic mass is 16.5. The van der Waals surface area contributed by atoms with Crippen LogP contribution in [0.15, 0.2) is 36.9 Å². The number of nitrogens with zero attached hydrogens (tertiary/aromatic N) is 2. The third kappa shape index (κ3) is 2.11. The standard InChI is InChI=1S/C14H17N3O/c15-13-5-4-12-11(13)2-1-3-14(12)18-9-8-17-7-6-16-10-17/h1-3,6-7,10,13H,4-5,8-9,15H2. The summed E-state index contributed by atoms with van der Waals surface area (Å²) in [6.07, 6.45) is 7.57. The Morgan fingerprint density at radius 3 is 3.22 bits per heavy atom. The molecule has 3 rings (SSSR count). The molecule has 1 atom stereocenters. The fourth-order valence-electron chi connectivity index (χ4n) is 2.47. The number of rotatable bonds is 4. The minimum absolute atomic E-state index is 0.178. The molecule has 1 aromatic heterocycles. The van der Waals surface area contributed by atoms with Gasteiger partial charge >= 0.3 is 0 Å². The summed E-state index contributed by atoms with van der Waals surface area (Å²) in [5.74, 6) is 0.987. The van der Waals surface area contributed by atoms with Crippen LogP contribution in [0.3, 0.4) is 0 Å². The van der Waals surface area contributed by atoms with Crippen molar-refractivity contribution >= 4 is 0 Å². The van der Waals surface area contributed by atoms with Gasteiger partial charge in [0, 0.05) is 18.4 Å². The predicted molar refractivity (Wildman–Crippen MR) is 69.4 cm³/mol. The van der Waals surface area contributed by atoms with Crippen LogP contribution in [-0.2, 0) is 13.0 Å². The lowest BCUT2D eigenvalue weighted by Gasteiger charge is -2.11. The molecular weight excluding hydrogens is 226 g/mol. The smallest absolute Gasteiger partial charge is 0.122 e. The van der Waals surface area contributed by atoms with Gasteiger partial charge in [0.2, 0.25) is 0 Å². The highest BCUT2D eigenvalue weighted by Gasteiger charge is 2.21. The molecule has 0 bridgehead atoms. The van der Waals surface area contributed by atoms with E-state index in [0.29, 0.717) is 6.61 Å². The summed E-state index contributed by atoms with van der Waals surface area (Å²) in [7, 11) is 0.